The van der Waals surface area contributed by atoms with E-state index < -0.39 is 4.92 Å². The van der Waals surface area contributed by atoms with Gasteiger partial charge in [0.15, 0.2) is 0 Å². The summed E-state index contributed by atoms with van der Waals surface area (Å²) in [6.45, 7) is 2.47. The molecule has 0 aromatic heterocycles. The maximum absolute atomic E-state index is 11.6. The van der Waals surface area contributed by atoms with Crippen molar-refractivity contribution in [3.8, 4) is 0 Å². The summed E-state index contributed by atoms with van der Waals surface area (Å²) in [6.07, 6.45) is 0. The van der Waals surface area contributed by atoms with Gasteiger partial charge in [-0.15, -0.1) is 0 Å². The number of hydrogen-bond donors (Lipinski definition) is 3. The second kappa shape index (κ2) is 7.96. The van der Waals surface area contributed by atoms with Gasteiger partial charge in [-0.05, 0) is 31.2 Å². The number of nitrogens with zero attached hydrogens (tertiary/aromatic N) is 1. The number of para-hydroxylation sites is 1. The summed E-state index contributed by atoms with van der Waals surface area (Å²) >= 11 is 0. The summed E-state index contributed by atoms with van der Waals surface area (Å²) in [4.78, 5) is 22.3. The number of hydrogen-bond acceptors (Lipinski definition) is 5. The topological polar surface area (TPSA) is 96.3 Å². The Balaban J connectivity index is 2.06. The molecule has 0 spiro atoms. The number of nitrogens with one attached hydrogen (secondary N) is 3. The Labute approximate surface area is 140 Å². The lowest BCUT2D eigenvalue weighted by atomic mass is 10.1. The third kappa shape index (κ3) is 4.45. The SMILES string of the molecule is CNC(=O)c1ccc(NCC(C)Nc2ccccc2)c([N+](=O)[O-])c1. The fraction of sp³-hybridized carbons (Fsp3) is 0.235. The van der Waals surface area contributed by atoms with E-state index in [4.69, 9.17) is 0 Å². The molecule has 1 atom stereocenters. The van der Waals surface area contributed by atoms with Crippen LogP contribution in [0, 0.1) is 10.1 Å². The molecule has 2 aromatic carbocycles. The van der Waals surface area contributed by atoms with Crippen molar-refractivity contribution < 1.29 is 9.72 Å². The summed E-state index contributed by atoms with van der Waals surface area (Å²) in [5.41, 5.74) is 1.50. The number of carbonyl (C=O) groups excluding carboxylic acids is 1. The summed E-state index contributed by atoms with van der Waals surface area (Å²) < 4.78 is 0. The molecule has 0 aliphatic rings. The lowest BCUT2D eigenvalue weighted by Crippen LogP contribution is -2.25. The molecule has 2 aromatic rings. The van der Waals surface area contributed by atoms with Gasteiger partial charge in [-0.25, -0.2) is 0 Å². The monoisotopic (exact) mass is 328 g/mol. The Hall–Kier alpha value is -3.09. The van der Waals surface area contributed by atoms with Crippen LogP contribution < -0.4 is 16.0 Å². The van der Waals surface area contributed by atoms with E-state index in [0.29, 0.717) is 12.2 Å². The van der Waals surface area contributed by atoms with Gasteiger partial charge < -0.3 is 16.0 Å². The highest BCUT2D eigenvalue weighted by molar-refractivity contribution is 5.95. The molecule has 0 radical (unpaired) electrons. The number of rotatable bonds is 7. The van der Waals surface area contributed by atoms with E-state index in [0.717, 1.165) is 5.69 Å². The van der Waals surface area contributed by atoms with Crippen LogP contribution in [0.15, 0.2) is 48.5 Å². The molecule has 2 rings (SSSR count). The molecule has 0 aliphatic heterocycles. The molecule has 0 saturated carbocycles. The Bertz CT molecular complexity index is 719. The van der Waals surface area contributed by atoms with Crippen LogP contribution in [-0.2, 0) is 0 Å². The van der Waals surface area contributed by atoms with E-state index in [1.807, 2.05) is 37.3 Å². The first-order chi connectivity index (χ1) is 11.5. The zero-order chi connectivity index (χ0) is 17.5. The number of nitro benzene ring substituents is 1. The first-order valence-corrected chi connectivity index (χ1v) is 7.57. The number of anilines is 2. The number of benzene rings is 2. The van der Waals surface area contributed by atoms with Crippen molar-refractivity contribution in [2.24, 2.45) is 0 Å². The number of carbonyl (C=O) groups is 1. The Morgan fingerprint density at radius 1 is 1.21 bits per heavy atom. The van der Waals surface area contributed by atoms with Gasteiger partial charge in [0.25, 0.3) is 11.6 Å². The quantitative estimate of drug-likeness (QED) is 0.536. The predicted molar refractivity (Wildman–Crippen MR) is 94.5 cm³/mol. The lowest BCUT2D eigenvalue weighted by Gasteiger charge is -2.17. The van der Waals surface area contributed by atoms with Gasteiger partial charge in [0.1, 0.15) is 5.69 Å². The molecule has 0 fully saturated rings. The summed E-state index contributed by atoms with van der Waals surface area (Å²) in [7, 11) is 1.48. The summed E-state index contributed by atoms with van der Waals surface area (Å²) in [6, 6.07) is 14.2. The average Bonchev–Trinajstić information content (AvgIpc) is 2.60. The highest BCUT2D eigenvalue weighted by Gasteiger charge is 2.17. The minimum Gasteiger partial charge on any atom is -0.381 e. The van der Waals surface area contributed by atoms with Gasteiger partial charge in [0, 0.05) is 37.0 Å². The molecule has 0 bridgehead atoms. The van der Waals surface area contributed by atoms with E-state index in [9.17, 15) is 14.9 Å². The Morgan fingerprint density at radius 3 is 2.54 bits per heavy atom. The fourth-order valence-corrected chi connectivity index (χ4v) is 2.25. The van der Waals surface area contributed by atoms with Crippen LogP contribution in [0.4, 0.5) is 17.1 Å². The summed E-state index contributed by atoms with van der Waals surface area (Å²) in [5, 5.41) is 20.1. The molecular formula is C17H20N4O3. The molecule has 7 heteroatoms. The molecule has 0 aliphatic carbocycles. The molecule has 126 valence electrons. The highest BCUT2D eigenvalue weighted by atomic mass is 16.6. The third-order valence-corrected chi connectivity index (χ3v) is 3.47. The normalized spacial score (nSPS) is 11.4. The van der Waals surface area contributed by atoms with Crippen LogP contribution in [0.3, 0.4) is 0 Å². The Kier molecular flexibility index (Phi) is 5.73. The third-order valence-electron chi connectivity index (χ3n) is 3.47. The van der Waals surface area contributed by atoms with Gasteiger partial charge in [0.2, 0.25) is 0 Å². The highest BCUT2D eigenvalue weighted by Crippen LogP contribution is 2.25. The van der Waals surface area contributed by atoms with E-state index in [1.165, 1.54) is 13.1 Å². The van der Waals surface area contributed by atoms with Crippen molar-refractivity contribution >= 4 is 23.0 Å². The van der Waals surface area contributed by atoms with Crippen LogP contribution >= 0.6 is 0 Å². The number of amides is 1. The standard InChI is InChI=1S/C17H20N4O3/c1-12(20-14-6-4-3-5-7-14)11-19-15-9-8-13(17(22)18-2)10-16(15)21(23)24/h3-10,12,19-20H,11H2,1-2H3,(H,18,22). The maximum atomic E-state index is 11.6. The van der Waals surface area contributed by atoms with Crippen LogP contribution in [-0.4, -0.2) is 30.5 Å². The molecule has 1 amide bonds. The van der Waals surface area contributed by atoms with E-state index in [1.54, 1.807) is 12.1 Å². The first kappa shape index (κ1) is 17.3. The zero-order valence-electron chi connectivity index (χ0n) is 13.6. The maximum Gasteiger partial charge on any atom is 0.293 e. The first-order valence-electron chi connectivity index (χ1n) is 7.57. The molecule has 0 saturated heterocycles. The molecule has 1 unspecified atom stereocenters. The van der Waals surface area contributed by atoms with Gasteiger partial charge in [-0.1, -0.05) is 18.2 Å². The summed E-state index contributed by atoms with van der Waals surface area (Å²) in [5.74, 6) is -0.358. The van der Waals surface area contributed by atoms with Crippen LogP contribution in [0.5, 0.6) is 0 Å². The van der Waals surface area contributed by atoms with Crippen molar-refractivity contribution in [3.05, 3.63) is 64.2 Å². The molecule has 7 nitrogen and oxygen atoms in total. The minimum atomic E-state index is -0.496. The number of nitro groups is 1. The lowest BCUT2D eigenvalue weighted by molar-refractivity contribution is -0.384. The van der Waals surface area contributed by atoms with E-state index in [2.05, 4.69) is 16.0 Å². The van der Waals surface area contributed by atoms with Crippen molar-refractivity contribution in [2.45, 2.75) is 13.0 Å². The van der Waals surface area contributed by atoms with Gasteiger partial charge >= 0.3 is 0 Å². The minimum absolute atomic E-state index is 0.0608. The van der Waals surface area contributed by atoms with Crippen LogP contribution in [0.25, 0.3) is 0 Å². The van der Waals surface area contributed by atoms with Crippen molar-refractivity contribution in [1.82, 2.24) is 5.32 Å². The second-order valence-corrected chi connectivity index (χ2v) is 5.36. The fourth-order valence-electron chi connectivity index (χ4n) is 2.25. The Morgan fingerprint density at radius 2 is 1.92 bits per heavy atom. The van der Waals surface area contributed by atoms with Crippen molar-refractivity contribution in [1.29, 1.82) is 0 Å². The predicted octanol–water partition coefficient (Wildman–Crippen LogP) is 2.87. The van der Waals surface area contributed by atoms with Crippen LogP contribution in [0.2, 0.25) is 0 Å². The zero-order valence-corrected chi connectivity index (χ0v) is 13.6. The molecule has 0 heterocycles. The van der Waals surface area contributed by atoms with Gasteiger partial charge in [0.05, 0.1) is 4.92 Å². The molecular weight excluding hydrogens is 308 g/mol. The van der Waals surface area contributed by atoms with E-state index >= 15 is 0 Å². The molecule has 24 heavy (non-hydrogen) atoms. The van der Waals surface area contributed by atoms with Gasteiger partial charge in [-0.3, -0.25) is 14.9 Å². The average molecular weight is 328 g/mol. The van der Waals surface area contributed by atoms with Crippen molar-refractivity contribution in [2.75, 3.05) is 24.2 Å². The largest absolute Gasteiger partial charge is 0.381 e. The second-order valence-electron chi connectivity index (χ2n) is 5.36. The van der Waals surface area contributed by atoms with E-state index in [-0.39, 0.29) is 23.2 Å². The molecule has 3 N–H and O–H groups in total. The van der Waals surface area contributed by atoms with Gasteiger partial charge in [-0.2, -0.15) is 0 Å². The smallest absolute Gasteiger partial charge is 0.293 e. The van der Waals surface area contributed by atoms with Crippen LogP contribution in [0.1, 0.15) is 17.3 Å². The van der Waals surface area contributed by atoms with Crippen molar-refractivity contribution in [3.63, 3.8) is 0 Å².